The second-order valence-corrected chi connectivity index (χ2v) is 7.03. The summed E-state index contributed by atoms with van der Waals surface area (Å²) < 4.78 is 11.1. The monoisotopic (exact) mass is 334 g/mol. The molecule has 0 amide bonds. The Morgan fingerprint density at radius 1 is 1.12 bits per heavy atom. The molecule has 0 atom stereocenters. The summed E-state index contributed by atoms with van der Waals surface area (Å²) in [6.07, 6.45) is 5.72. The Morgan fingerprint density at radius 3 is 2.33 bits per heavy atom. The standard InChI is InChI=1S/C19H30N2O3/c1-6-23-18(22)15-16(12(2)3)20-19(24-13(4)5)21-17(15)14-10-8-7-9-11-14/h12-14H,6-11H2,1-5H3. The van der Waals surface area contributed by atoms with E-state index < -0.39 is 0 Å². The number of nitrogens with zero attached hydrogens (tertiary/aromatic N) is 2. The first-order valence-corrected chi connectivity index (χ1v) is 9.19. The summed E-state index contributed by atoms with van der Waals surface area (Å²) in [4.78, 5) is 21.8. The Balaban J connectivity index is 2.55. The summed E-state index contributed by atoms with van der Waals surface area (Å²) in [6.45, 7) is 10.2. The fourth-order valence-corrected chi connectivity index (χ4v) is 3.24. The maximum absolute atomic E-state index is 12.6. The van der Waals surface area contributed by atoms with Crippen LogP contribution in [0.2, 0.25) is 0 Å². The molecule has 1 fully saturated rings. The van der Waals surface area contributed by atoms with Crippen molar-refractivity contribution in [3.63, 3.8) is 0 Å². The van der Waals surface area contributed by atoms with Crippen LogP contribution in [0.4, 0.5) is 0 Å². The Hall–Kier alpha value is -1.65. The summed E-state index contributed by atoms with van der Waals surface area (Å²) in [6, 6.07) is 0.377. The van der Waals surface area contributed by atoms with Crippen molar-refractivity contribution in [1.82, 2.24) is 9.97 Å². The van der Waals surface area contributed by atoms with Gasteiger partial charge in [-0.1, -0.05) is 33.1 Å². The first-order chi connectivity index (χ1) is 11.4. The molecule has 0 saturated heterocycles. The van der Waals surface area contributed by atoms with Crippen LogP contribution in [0.25, 0.3) is 0 Å². The molecule has 5 heteroatoms. The number of aromatic nitrogens is 2. The maximum atomic E-state index is 12.6. The van der Waals surface area contributed by atoms with Gasteiger partial charge < -0.3 is 9.47 Å². The van der Waals surface area contributed by atoms with Gasteiger partial charge in [0.15, 0.2) is 0 Å². The number of hydrogen-bond donors (Lipinski definition) is 0. The predicted molar refractivity (Wildman–Crippen MR) is 93.7 cm³/mol. The molecule has 0 bridgehead atoms. The van der Waals surface area contributed by atoms with Crippen LogP contribution in [0, 0.1) is 0 Å². The van der Waals surface area contributed by atoms with Crippen LogP contribution in [0.5, 0.6) is 6.01 Å². The van der Waals surface area contributed by atoms with Gasteiger partial charge in [0.2, 0.25) is 0 Å². The van der Waals surface area contributed by atoms with Crippen LogP contribution < -0.4 is 4.74 Å². The third kappa shape index (κ3) is 4.46. The molecule has 1 aliphatic carbocycles. The van der Waals surface area contributed by atoms with Crippen molar-refractivity contribution in [2.24, 2.45) is 0 Å². The van der Waals surface area contributed by atoms with E-state index in [0.717, 1.165) is 24.2 Å². The van der Waals surface area contributed by atoms with Crippen LogP contribution in [0.15, 0.2) is 0 Å². The predicted octanol–water partition coefficient (Wildman–Crippen LogP) is 4.61. The zero-order valence-corrected chi connectivity index (χ0v) is 15.6. The Labute approximate surface area is 145 Å². The highest BCUT2D eigenvalue weighted by Gasteiger charge is 2.29. The summed E-state index contributed by atoms with van der Waals surface area (Å²) in [5, 5.41) is 0. The summed E-state index contributed by atoms with van der Waals surface area (Å²) in [5.41, 5.74) is 2.12. The highest BCUT2D eigenvalue weighted by molar-refractivity contribution is 5.92. The minimum Gasteiger partial charge on any atom is -0.462 e. The molecule has 0 unspecified atom stereocenters. The van der Waals surface area contributed by atoms with Gasteiger partial charge in [0.1, 0.15) is 5.56 Å². The van der Waals surface area contributed by atoms with Crippen molar-refractivity contribution in [2.45, 2.75) is 84.7 Å². The number of esters is 1. The number of carbonyl (C=O) groups excluding carboxylic acids is 1. The van der Waals surface area contributed by atoms with Crippen LogP contribution in [-0.4, -0.2) is 28.6 Å². The molecule has 24 heavy (non-hydrogen) atoms. The zero-order valence-electron chi connectivity index (χ0n) is 15.6. The maximum Gasteiger partial charge on any atom is 0.341 e. The van der Waals surface area contributed by atoms with Gasteiger partial charge in [0.05, 0.1) is 24.1 Å². The molecule has 0 spiro atoms. The van der Waals surface area contributed by atoms with E-state index in [1.165, 1.54) is 19.3 Å². The lowest BCUT2D eigenvalue weighted by Gasteiger charge is -2.25. The van der Waals surface area contributed by atoms with Crippen LogP contribution in [0.3, 0.4) is 0 Å². The van der Waals surface area contributed by atoms with Gasteiger partial charge in [0.25, 0.3) is 0 Å². The van der Waals surface area contributed by atoms with Crippen LogP contribution >= 0.6 is 0 Å². The Morgan fingerprint density at radius 2 is 1.79 bits per heavy atom. The van der Waals surface area contributed by atoms with Gasteiger partial charge in [-0.3, -0.25) is 0 Å². The SMILES string of the molecule is CCOC(=O)c1c(C(C)C)nc(OC(C)C)nc1C1CCCCC1. The largest absolute Gasteiger partial charge is 0.462 e. The number of ether oxygens (including phenoxy) is 2. The average molecular weight is 334 g/mol. The lowest BCUT2D eigenvalue weighted by Crippen LogP contribution is -2.21. The molecule has 0 N–H and O–H groups in total. The van der Waals surface area contributed by atoms with Gasteiger partial charge in [-0.05, 0) is 39.5 Å². The topological polar surface area (TPSA) is 61.3 Å². The van der Waals surface area contributed by atoms with E-state index in [4.69, 9.17) is 9.47 Å². The van der Waals surface area contributed by atoms with Gasteiger partial charge in [-0.2, -0.15) is 9.97 Å². The molecule has 1 aromatic rings. The molecule has 0 aliphatic heterocycles. The number of rotatable bonds is 6. The third-order valence-electron chi connectivity index (χ3n) is 4.30. The van der Waals surface area contributed by atoms with E-state index in [0.29, 0.717) is 18.2 Å². The van der Waals surface area contributed by atoms with Crippen molar-refractivity contribution in [2.75, 3.05) is 6.61 Å². The van der Waals surface area contributed by atoms with Gasteiger partial charge in [0, 0.05) is 5.92 Å². The smallest absolute Gasteiger partial charge is 0.341 e. The zero-order chi connectivity index (χ0) is 17.7. The van der Waals surface area contributed by atoms with Crippen molar-refractivity contribution >= 4 is 5.97 Å². The van der Waals surface area contributed by atoms with Crippen LogP contribution in [-0.2, 0) is 4.74 Å². The van der Waals surface area contributed by atoms with Crippen molar-refractivity contribution in [1.29, 1.82) is 0 Å². The van der Waals surface area contributed by atoms with Crippen molar-refractivity contribution in [3.05, 3.63) is 17.0 Å². The molecule has 0 aromatic carbocycles. The fraction of sp³-hybridized carbons (Fsp3) is 0.737. The molecule has 0 radical (unpaired) electrons. The first-order valence-electron chi connectivity index (χ1n) is 9.19. The van der Waals surface area contributed by atoms with Gasteiger partial charge in [-0.15, -0.1) is 0 Å². The quantitative estimate of drug-likeness (QED) is 0.711. The van der Waals surface area contributed by atoms with Crippen molar-refractivity contribution < 1.29 is 14.3 Å². The molecular weight excluding hydrogens is 304 g/mol. The number of hydrogen-bond acceptors (Lipinski definition) is 5. The number of carbonyl (C=O) groups is 1. The van der Waals surface area contributed by atoms with E-state index in [9.17, 15) is 4.79 Å². The highest BCUT2D eigenvalue weighted by Crippen LogP contribution is 2.36. The van der Waals surface area contributed by atoms with E-state index in [1.807, 2.05) is 34.6 Å². The molecule has 1 aromatic heterocycles. The third-order valence-corrected chi connectivity index (χ3v) is 4.30. The lowest BCUT2D eigenvalue weighted by atomic mass is 9.84. The molecule has 5 nitrogen and oxygen atoms in total. The minimum atomic E-state index is -0.308. The highest BCUT2D eigenvalue weighted by atomic mass is 16.5. The van der Waals surface area contributed by atoms with E-state index in [-0.39, 0.29) is 23.9 Å². The molecular formula is C19H30N2O3. The van der Waals surface area contributed by atoms with Crippen LogP contribution in [0.1, 0.15) is 100 Å². The minimum absolute atomic E-state index is 0.00217. The molecule has 1 heterocycles. The second kappa shape index (κ2) is 8.45. The molecule has 1 aliphatic rings. The Kier molecular flexibility index (Phi) is 6.58. The van der Waals surface area contributed by atoms with E-state index in [1.54, 1.807) is 0 Å². The van der Waals surface area contributed by atoms with Gasteiger partial charge >= 0.3 is 12.0 Å². The average Bonchev–Trinajstić information content (AvgIpc) is 2.54. The molecule has 2 rings (SSSR count). The fourth-order valence-electron chi connectivity index (χ4n) is 3.24. The van der Waals surface area contributed by atoms with E-state index in [2.05, 4.69) is 9.97 Å². The van der Waals surface area contributed by atoms with Crippen molar-refractivity contribution in [3.8, 4) is 6.01 Å². The summed E-state index contributed by atoms with van der Waals surface area (Å²) in [7, 11) is 0. The summed E-state index contributed by atoms with van der Waals surface area (Å²) in [5.74, 6) is 0.0790. The van der Waals surface area contributed by atoms with Gasteiger partial charge in [-0.25, -0.2) is 4.79 Å². The first kappa shape index (κ1) is 18.7. The second-order valence-electron chi connectivity index (χ2n) is 7.03. The normalized spacial score (nSPS) is 15.8. The van der Waals surface area contributed by atoms with E-state index >= 15 is 0 Å². The lowest BCUT2D eigenvalue weighted by molar-refractivity contribution is 0.0520. The molecule has 1 saturated carbocycles. The summed E-state index contributed by atoms with van der Waals surface area (Å²) >= 11 is 0. The Bertz CT molecular complexity index is 564. The molecule has 134 valence electrons.